The lowest BCUT2D eigenvalue weighted by Crippen LogP contribution is -2.59. The van der Waals surface area contributed by atoms with Gasteiger partial charge in [0.25, 0.3) is 5.91 Å². The monoisotopic (exact) mass is 375 g/mol. The van der Waals surface area contributed by atoms with Gasteiger partial charge in [-0.05, 0) is 42.2 Å². The van der Waals surface area contributed by atoms with Gasteiger partial charge in [0, 0.05) is 30.5 Å². The SMILES string of the molecule is O=C1O[C@H](c2ccccc2)Cc2cc(C(=O)N3CC4(CCCCC4)C3)ccc21. The summed E-state index contributed by atoms with van der Waals surface area (Å²) in [5.74, 6) is -0.214. The quantitative estimate of drug-likeness (QED) is 0.724. The highest BCUT2D eigenvalue weighted by molar-refractivity contribution is 5.98. The van der Waals surface area contributed by atoms with Crippen LogP contribution < -0.4 is 0 Å². The molecule has 2 heterocycles. The summed E-state index contributed by atoms with van der Waals surface area (Å²) in [5.41, 5.74) is 3.54. The molecule has 4 nitrogen and oxygen atoms in total. The van der Waals surface area contributed by atoms with Crippen LogP contribution in [0.2, 0.25) is 0 Å². The zero-order valence-electron chi connectivity index (χ0n) is 16.0. The van der Waals surface area contributed by atoms with Crippen molar-refractivity contribution in [2.45, 2.75) is 44.6 Å². The molecule has 4 heteroatoms. The average molecular weight is 375 g/mol. The van der Waals surface area contributed by atoms with E-state index in [9.17, 15) is 9.59 Å². The van der Waals surface area contributed by atoms with Crippen molar-refractivity contribution in [2.75, 3.05) is 13.1 Å². The van der Waals surface area contributed by atoms with Gasteiger partial charge in [0.1, 0.15) is 6.10 Å². The van der Waals surface area contributed by atoms with Crippen LogP contribution in [0.1, 0.15) is 70.1 Å². The number of hydrogen-bond donors (Lipinski definition) is 0. The first-order chi connectivity index (χ1) is 13.6. The molecule has 1 spiro atoms. The third-order valence-corrected chi connectivity index (χ3v) is 6.65. The van der Waals surface area contributed by atoms with Crippen LogP contribution in [-0.2, 0) is 11.2 Å². The zero-order chi connectivity index (χ0) is 19.1. The van der Waals surface area contributed by atoms with E-state index in [2.05, 4.69) is 0 Å². The minimum Gasteiger partial charge on any atom is -0.454 e. The Morgan fingerprint density at radius 3 is 2.50 bits per heavy atom. The molecule has 5 rings (SSSR count). The first-order valence-electron chi connectivity index (χ1n) is 10.3. The Morgan fingerprint density at radius 2 is 1.75 bits per heavy atom. The third-order valence-electron chi connectivity index (χ3n) is 6.65. The second-order valence-corrected chi connectivity index (χ2v) is 8.60. The number of ether oxygens (including phenoxy) is 1. The Morgan fingerprint density at radius 1 is 1.00 bits per heavy atom. The maximum atomic E-state index is 13.0. The van der Waals surface area contributed by atoms with Crippen LogP contribution in [0.15, 0.2) is 48.5 Å². The molecule has 1 saturated carbocycles. The Kier molecular flexibility index (Phi) is 4.22. The summed E-state index contributed by atoms with van der Waals surface area (Å²) in [5, 5.41) is 0. The first kappa shape index (κ1) is 17.5. The molecule has 0 bridgehead atoms. The van der Waals surface area contributed by atoms with Crippen molar-refractivity contribution in [3.63, 3.8) is 0 Å². The number of fused-ring (bicyclic) bond motifs is 1. The van der Waals surface area contributed by atoms with Gasteiger partial charge in [0.2, 0.25) is 0 Å². The summed E-state index contributed by atoms with van der Waals surface area (Å²) in [4.78, 5) is 27.4. The minimum atomic E-state index is -0.306. The number of esters is 1. The van der Waals surface area contributed by atoms with Gasteiger partial charge in [0.05, 0.1) is 5.56 Å². The van der Waals surface area contributed by atoms with Crippen LogP contribution in [0.25, 0.3) is 0 Å². The molecule has 2 aromatic carbocycles. The van der Waals surface area contributed by atoms with Gasteiger partial charge >= 0.3 is 5.97 Å². The van der Waals surface area contributed by atoms with Crippen molar-refractivity contribution < 1.29 is 14.3 Å². The van der Waals surface area contributed by atoms with E-state index >= 15 is 0 Å². The lowest BCUT2D eigenvalue weighted by Gasteiger charge is -2.52. The normalized spacial score (nSPS) is 22.9. The highest BCUT2D eigenvalue weighted by Gasteiger charge is 2.45. The van der Waals surface area contributed by atoms with Crippen molar-refractivity contribution in [2.24, 2.45) is 5.41 Å². The van der Waals surface area contributed by atoms with Gasteiger partial charge in [-0.2, -0.15) is 0 Å². The van der Waals surface area contributed by atoms with Crippen LogP contribution in [-0.4, -0.2) is 29.9 Å². The number of nitrogens with zero attached hydrogens (tertiary/aromatic N) is 1. The maximum Gasteiger partial charge on any atom is 0.339 e. The van der Waals surface area contributed by atoms with Crippen molar-refractivity contribution in [1.29, 1.82) is 0 Å². The second-order valence-electron chi connectivity index (χ2n) is 8.60. The first-order valence-corrected chi connectivity index (χ1v) is 10.3. The Bertz CT molecular complexity index is 907. The molecule has 1 amide bonds. The van der Waals surface area contributed by atoms with Crippen LogP contribution in [0.5, 0.6) is 0 Å². The molecule has 144 valence electrons. The van der Waals surface area contributed by atoms with E-state index in [1.54, 1.807) is 12.1 Å². The number of benzene rings is 2. The smallest absolute Gasteiger partial charge is 0.339 e. The molecular formula is C24H25NO3. The Labute approximate surface area is 165 Å². The number of cyclic esters (lactones) is 1. The van der Waals surface area contributed by atoms with Crippen LogP contribution in [0.4, 0.5) is 0 Å². The number of carbonyl (C=O) groups is 2. The van der Waals surface area contributed by atoms with E-state index in [1.165, 1.54) is 32.1 Å². The van der Waals surface area contributed by atoms with E-state index < -0.39 is 0 Å². The predicted octanol–water partition coefficient (Wildman–Crippen LogP) is 4.55. The lowest BCUT2D eigenvalue weighted by molar-refractivity contribution is -0.0155. The summed E-state index contributed by atoms with van der Waals surface area (Å²) >= 11 is 0. The van der Waals surface area contributed by atoms with Crippen molar-refractivity contribution in [3.05, 3.63) is 70.8 Å². The van der Waals surface area contributed by atoms with Crippen LogP contribution >= 0.6 is 0 Å². The van der Waals surface area contributed by atoms with Crippen molar-refractivity contribution >= 4 is 11.9 Å². The molecule has 1 saturated heterocycles. The standard InChI is InChI=1S/C24H25NO3/c26-22(25-15-24(16-25)11-5-2-6-12-24)18-9-10-20-19(13-18)14-21(28-23(20)27)17-7-3-1-4-8-17/h1,3-4,7-10,13,21H,2,5-6,11-12,14-16H2/t21-/m0/s1. The highest BCUT2D eigenvalue weighted by atomic mass is 16.5. The van der Waals surface area contributed by atoms with Gasteiger partial charge in [-0.3, -0.25) is 4.79 Å². The molecular weight excluding hydrogens is 350 g/mol. The number of rotatable bonds is 2. The highest BCUT2D eigenvalue weighted by Crippen LogP contribution is 2.44. The second kappa shape index (κ2) is 6.77. The van der Waals surface area contributed by atoms with E-state index in [4.69, 9.17) is 4.74 Å². The molecule has 2 aliphatic heterocycles. The number of hydrogen-bond acceptors (Lipinski definition) is 3. The number of likely N-dealkylation sites (tertiary alicyclic amines) is 1. The Hall–Kier alpha value is -2.62. The van der Waals surface area contributed by atoms with Gasteiger partial charge < -0.3 is 9.64 Å². The molecule has 0 unspecified atom stereocenters. The van der Waals surface area contributed by atoms with E-state index in [0.717, 1.165) is 24.2 Å². The molecule has 3 aliphatic rings. The van der Waals surface area contributed by atoms with Crippen molar-refractivity contribution in [1.82, 2.24) is 4.90 Å². The molecule has 1 aliphatic carbocycles. The van der Waals surface area contributed by atoms with Gasteiger partial charge in [0.15, 0.2) is 0 Å². The predicted molar refractivity (Wildman–Crippen MR) is 106 cm³/mol. The largest absolute Gasteiger partial charge is 0.454 e. The van der Waals surface area contributed by atoms with E-state index in [1.807, 2.05) is 41.3 Å². The zero-order valence-corrected chi connectivity index (χ0v) is 16.0. The average Bonchev–Trinajstić information content (AvgIpc) is 2.72. The van der Waals surface area contributed by atoms with E-state index in [0.29, 0.717) is 23.0 Å². The number of amides is 1. The molecule has 0 aromatic heterocycles. The number of carbonyl (C=O) groups excluding carboxylic acids is 2. The molecule has 0 N–H and O–H groups in total. The summed E-state index contributed by atoms with van der Waals surface area (Å²) < 4.78 is 5.62. The summed E-state index contributed by atoms with van der Waals surface area (Å²) in [7, 11) is 0. The van der Waals surface area contributed by atoms with E-state index in [-0.39, 0.29) is 18.0 Å². The molecule has 28 heavy (non-hydrogen) atoms. The molecule has 2 fully saturated rings. The summed E-state index contributed by atoms with van der Waals surface area (Å²) in [6.07, 6.45) is 6.75. The van der Waals surface area contributed by atoms with Crippen molar-refractivity contribution in [3.8, 4) is 0 Å². The molecule has 0 radical (unpaired) electrons. The fourth-order valence-electron chi connectivity index (χ4n) is 5.09. The molecule has 1 atom stereocenters. The lowest BCUT2D eigenvalue weighted by atomic mass is 9.68. The Balaban J connectivity index is 1.34. The minimum absolute atomic E-state index is 0.0919. The molecule has 2 aromatic rings. The van der Waals surface area contributed by atoms with Crippen LogP contribution in [0.3, 0.4) is 0 Å². The summed E-state index contributed by atoms with van der Waals surface area (Å²) in [6, 6.07) is 15.2. The van der Waals surface area contributed by atoms with Gasteiger partial charge in [-0.15, -0.1) is 0 Å². The van der Waals surface area contributed by atoms with Crippen LogP contribution in [0, 0.1) is 5.41 Å². The fraction of sp³-hybridized carbons (Fsp3) is 0.417. The topological polar surface area (TPSA) is 46.6 Å². The third kappa shape index (κ3) is 3.01. The maximum absolute atomic E-state index is 13.0. The fourth-order valence-corrected chi connectivity index (χ4v) is 5.09. The summed E-state index contributed by atoms with van der Waals surface area (Å²) in [6.45, 7) is 1.77. The van der Waals surface area contributed by atoms with Gasteiger partial charge in [-0.1, -0.05) is 49.6 Å². The van der Waals surface area contributed by atoms with Gasteiger partial charge in [-0.25, -0.2) is 4.79 Å².